The monoisotopic (exact) mass is 418 g/mol. The Hall–Kier alpha value is -2.90. The summed E-state index contributed by atoms with van der Waals surface area (Å²) in [6.07, 6.45) is 0. The van der Waals surface area contributed by atoms with Gasteiger partial charge in [0.25, 0.3) is 0 Å². The van der Waals surface area contributed by atoms with Crippen molar-refractivity contribution in [2.24, 2.45) is 5.41 Å². The topological polar surface area (TPSA) is 124 Å². The Morgan fingerprint density at radius 1 is 1.00 bits per heavy atom. The van der Waals surface area contributed by atoms with Crippen LogP contribution in [0.25, 0.3) is 0 Å². The zero-order chi connectivity index (χ0) is 23.1. The van der Waals surface area contributed by atoms with Gasteiger partial charge in [0.2, 0.25) is 0 Å². The number of carbonyl (C=O) groups is 2. The first-order valence-corrected chi connectivity index (χ1v) is 9.41. The van der Waals surface area contributed by atoms with Gasteiger partial charge in [-0.3, -0.25) is 0 Å². The number of hydrogen-bond acceptors (Lipinski definition) is 5. The van der Waals surface area contributed by atoms with Crippen molar-refractivity contribution in [3.05, 3.63) is 64.7 Å². The Morgan fingerprint density at radius 3 is 2.07 bits per heavy atom. The Morgan fingerprint density at radius 2 is 1.57 bits per heavy atom. The summed E-state index contributed by atoms with van der Waals surface area (Å²) in [6, 6.07) is 12.9. The minimum atomic E-state index is -2.01. The molecule has 0 bridgehead atoms. The van der Waals surface area contributed by atoms with E-state index in [0.717, 1.165) is 16.9 Å². The largest absolute Gasteiger partial charge is 0.489 e. The van der Waals surface area contributed by atoms with Crippen molar-refractivity contribution >= 4 is 11.9 Å². The lowest BCUT2D eigenvalue weighted by Crippen LogP contribution is -2.47. The molecule has 2 rings (SSSR count). The highest BCUT2D eigenvalue weighted by atomic mass is 16.5. The van der Waals surface area contributed by atoms with E-state index in [-0.39, 0.29) is 6.61 Å². The molecule has 0 amide bonds. The molecule has 0 aliphatic carbocycles. The van der Waals surface area contributed by atoms with Crippen LogP contribution in [0.4, 0.5) is 0 Å². The number of carboxylic acid groups (broad SMARTS) is 2. The Balaban J connectivity index is 0.000000804. The fraction of sp³-hybridized carbons (Fsp3) is 0.391. The lowest BCUT2D eigenvalue weighted by atomic mass is 9.71. The number of carboxylic acids is 2. The molecule has 164 valence electrons. The van der Waals surface area contributed by atoms with Crippen LogP contribution in [0.3, 0.4) is 0 Å². The van der Waals surface area contributed by atoms with Crippen molar-refractivity contribution in [3.8, 4) is 5.75 Å². The van der Waals surface area contributed by atoms with Gasteiger partial charge in [0.15, 0.2) is 5.60 Å². The lowest BCUT2D eigenvalue weighted by molar-refractivity contribution is -0.173. The summed E-state index contributed by atoms with van der Waals surface area (Å²) in [7, 11) is 0. The second-order valence-corrected chi connectivity index (χ2v) is 8.03. The fourth-order valence-electron chi connectivity index (χ4n) is 2.86. The van der Waals surface area contributed by atoms with Crippen LogP contribution >= 0.6 is 0 Å². The summed E-state index contributed by atoms with van der Waals surface area (Å²) in [4.78, 5) is 21.0. The zero-order valence-corrected chi connectivity index (χ0v) is 18.0. The molecular formula is C23H30O7. The minimum Gasteiger partial charge on any atom is -0.489 e. The second kappa shape index (κ2) is 10.2. The van der Waals surface area contributed by atoms with Crippen LogP contribution in [-0.2, 0) is 21.8 Å². The van der Waals surface area contributed by atoms with Gasteiger partial charge in [-0.1, -0.05) is 57.2 Å². The molecule has 1 atom stereocenters. The Labute approximate surface area is 176 Å². The fourth-order valence-corrected chi connectivity index (χ4v) is 2.86. The van der Waals surface area contributed by atoms with E-state index in [1.165, 1.54) is 0 Å². The number of hydrogen-bond donors (Lipinski definition) is 4. The quantitative estimate of drug-likeness (QED) is 0.567. The molecule has 1 unspecified atom stereocenters. The third-order valence-electron chi connectivity index (χ3n) is 4.66. The number of benzene rings is 2. The molecule has 2 aromatic rings. The number of aryl methyl sites for hydroxylation is 2. The van der Waals surface area contributed by atoms with E-state index in [1.807, 2.05) is 38.1 Å². The maximum atomic E-state index is 11.9. The molecule has 0 aliphatic heterocycles. The van der Waals surface area contributed by atoms with Crippen LogP contribution in [0.1, 0.15) is 43.0 Å². The number of aliphatic hydroxyl groups excluding tert-OH is 1. The van der Waals surface area contributed by atoms with Crippen LogP contribution < -0.4 is 4.74 Å². The van der Waals surface area contributed by atoms with Gasteiger partial charge >= 0.3 is 11.9 Å². The van der Waals surface area contributed by atoms with Crippen molar-refractivity contribution in [1.29, 1.82) is 0 Å². The molecule has 2 aromatic carbocycles. The standard InChI is InChI=1S/C21H26O4.C2H4O3/c1-14-10-11-15(2)18(12-14)25-13-16-8-6-7-9-17(16)21(24,19(22)23)20(3,4)5;3-1-2(4)5/h6-12,24H,13H2,1-5H3,(H,22,23);3H,1H2,(H,4,5). The molecule has 7 nitrogen and oxygen atoms in total. The third kappa shape index (κ3) is 6.05. The molecule has 0 aliphatic rings. The van der Waals surface area contributed by atoms with Gasteiger partial charge in [-0.15, -0.1) is 0 Å². The maximum Gasteiger partial charge on any atom is 0.340 e. The van der Waals surface area contributed by atoms with Crippen LogP contribution in [-0.4, -0.2) is 39.0 Å². The average molecular weight is 418 g/mol. The van der Waals surface area contributed by atoms with E-state index in [9.17, 15) is 15.0 Å². The number of aliphatic hydroxyl groups is 2. The summed E-state index contributed by atoms with van der Waals surface area (Å²) < 4.78 is 5.93. The van der Waals surface area contributed by atoms with Gasteiger partial charge in [0, 0.05) is 11.0 Å². The van der Waals surface area contributed by atoms with Crippen molar-refractivity contribution in [2.75, 3.05) is 6.61 Å². The Bertz CT molecular complexity index is 883. The number of ether oxygens (including phenoxy) is 1. The molecule has 0 radical (unpaired) electrons. The molecule has 30 heavy (non-hydrogen) atoms. The summed E-state index contributed by atoms with van der Waals surface area (Å²) in [6.45, 7) is 8.50. The molecule has 0 spiro atoms. The van der Waals surface area contributed by atoms with Gasteiger partial charge < -0.3 is 25.2 Å². The minimum absolute atomic E-state index is 0.187. The van der Waals surface area contributed by atoms with Crippen molar-refractivity contribution in [2.45, 2.75) is 46.8 Å². The summed E-state index contributed by atoms with van der Waals surface area (Å²) >= 11 is 0. The van der Waals surface area contributed by atoms with Crippen LogP contribution in [0.15, 0.2) is 42.5 Å². The van der Waals surface area contributed by atoms with Crippen LogP contribution in [0, 0.1) is 19.3 Å². The van der Waals surface area contributed by atoms with Gasteiger partial charge in [0.1, 0.15) is 19.0 Å². The first-order chi connectivity index (χ1) is 13.8. The van der Waals surface area contributed by atoms with E-state index < -0.39 is 29.6 Å². The first-order valence-electron chi connectivity index (χ1n) is 9.41. The number of aliphatic carboxylic acids is 2. The van der Waals surface area contributed by atoms with Gasteiger partial charge in [-0.2, -0.15) is 0 Å². The second-order valence-electron chi connectivity index (χ2n) is 8.03. The molecule has 0 saturated heterocycles. The van der Waals surface area contributed by atoms with Crippen LogP contribution in [0.2, 0.25) is 0 Å². The molecule has 0 saturated carbocycles. The average Bonchev–Trinajstić information content (AvgIpc) is 2.67. The predicted octanol–water partition coefficient (Wildman–Crippen LogP) is 3.26. The van der Waals surface area contributed by atoms with Gasteiger partial charge in [-0.05, 0) is 36.6 Å². The third-order valence-corrected chi connectivity index (χ3v) is 4.66. The smallest absolute Gasteiger partial charge is 0.340 e. The zero-order valence-electron chi connectivity index (χ0n) is 18.0. The van der Waals surface area contributed by atoms with Gasteiger partial charge in [0.05, 0.1) is 0 Å². The highest BCUT2D eigenvalue weighted by molar-refractivity contribution is 5.80. The van der Waals surface area contributed by atoms with E-state index >= 15 is 0 Å². The van der Waals surface area contributed by atoms with Crippen molar-refractivity contribution < 1.29 is 34.8 Å². The highest BCUT2D eigenvalue weighted by Crippen LogP contribution is 2.41. The van der Waals surface area contributed by atoms with Crippen molar-refractivity contribution in [3.63, 3.8) is 0 Å². The molecule has 0 aromatic heterocycles. The van der Waals surface area contributed by atoms with E-state index in [4.69, 9.17) is 19.7 Å². The van der Waals surface area contributed by atoms with Crippen molar-refractivity contribution in [1.82, 2.24) is 0 Å². The molecule has 0 fully saturated rings. The molecule has 0 heterocycles. The van der Waals surface area contributed by atoms with E-state index in [1.54, 1.807) is 39.0 Å². The highest BCUT2D eigenvalue weighted by Gasteiger charge is 2.49. The Kier molecular flexibility index (Phi) is 8.57. The molecular weight excluding hydrogens is 388 g/mol. The maximum absolute atomic E-state index is 11.9. The summed E-state index contributed by atoms with van der Waals surface area (Å²) in [5.41, 5.74) is 0.226. The normalized spacial score (nSPS) is 12.9. The first kappa shape index (κ1) is 25.1. The summed E-state index contributed by atoms with van der Waals surface area (Å²) in [5, 5.41) is 35.8. The van der Waals surface area contributed by atoms with E-state index in [2.05, 4.69) is 0 Å². The van der Waals surface area contributed by atoms with E-state index in [0.29, 0.717) is 11.1 Å². The molecule has 7 heteroatoms. The predicted molar refractivity (Wildman–Crippen MR) is 112 cm³/mol. The summed E-state index contributed by atoms with van der Waals surface area (Å²) in [5.74, 6) is -1.70. The lowest BCUT2D eigenvalue weighted by Gasteiger charge is -2.38. The molecule has 4 N–H and O–H groups in total. The number of rotatable bonds is 6. The van der Waals surface area contributed by atoms with Crippen LogP contribution in [0.5, 0.6) is 5.75 Å². The SMILES string of the molecule is Cc1ccc(C)c(OCc2ccccc2C(O)(C(=O)O)C(C)(C)C)c1.O=C(O)CO. The van der Waals surface area contributed by atoms with Gasteiger partial charge in [-0.25, -0.2) is 9.59 Å².